The Morgan fingerprint density at radius 3 is 2.42 bits per heavy atom. The van der Waals surface area contributed by atoms with Crippen LogP contribution in [-0.4, -0.2) is 34.3 Å². The summed E-state index contributed by atoms with van der Waals surface area (Å²) < 4.78 is 12.1. The molecule has 0 radical (unpaired) electrons. The number of anilines is 1. The molecule has 1 heterocycles. The Hall–Kier alpha value is -1.44. The minimum Gasteiger partial charge on any atom is -0.507 e. The summed E-state index contributed by atoms with van der Waals surface area (Å²) in [5, 5.41) is 10.1. The average molecular weight is 349 g/mol. The quantitative estimate of drug-likeness (QED) is 0.493. The summed E-state index contributed by atoms with van der Waals surface area (Å²) in [4.78, 5) is 11.4. The van der Waals surface area contributed by atoms with E-state index in [0.29, 0.717) is 17.0 Å². The molecule has 0 spiro atoms. The Kier molecular flexibility index (Phi) is 5.37. The van der Waals surface area contributed by atoms with Gasteiger partial charge in [-0.25, -0.2) is 0 Å². The van der Waals surface area contributed by atoms with Crippen LogP contribution in [0.5, 0.6) is 5.75 Å². The van der Waals surface area contributed by atoms with Crippen molar-refractivity contribution in [3.05, 3.63) is 29.2 Å². The fourth-order valence-electron chi connectivity index (χ4n) is 2.25. The SMILES string of the molecule is CC(=O)SCC(=Cc1cc(N)ccc1O)B1OC(C)(C)C(C)(C)O1. The first kappa shape index (κ1) is 18.9. The molecule has 1 aromatic carbocycles. The molecule has 130 valence electrons. The molecule has 0 aliphatic carbocycles. The van der Waals surface area contributed by atoms with Gasteiger partial charge in [-0.3, -0.25) is 4.79 Å². The van der Waals surface area contributed by atoms with E-state index in [2.05, 4.69) is 0 Å². The van der Waals surface area contributed by atoms with Crippen molar-refractivity contribution in [1.82, 2.24) is 0 Å². The maximum Gasteiger partial charge on any atom is 0.491 e. The lowest BCUT2D eigenvalue weighted by atomic mass is 9.78. The van der Waals surface area contributed by atoms with E-state index in [1.807, 2.05) is 27.7 Å². The molecule has 1 aliphatic heterocycles. The molecule has 1 aromatic rings. The number of phenols is 1. The first-order valence-electron chi connectivity index (χ1n) is 7.80. The van der Waals surface area contributed by atoms with Gasteiger partial charge in [-0.15, -0.1) is 0 Å². The summed E-state index contributed by atoms with van der Waals surface area (Å²) in [6.45, 7) is 9.41. The lowest BCUT2D eigenvalue weighted by molar-refractivity contribution is -0.109. The van der Waals surface area contributed by atoms with Crippen molar-refractivity contribution in [3.63, 3.8) is 0 Å². The van der Waals surface area contributed by atoms with Crippen molar-refractivity contribution in [2.45, 2.75) is 45.8 Å². The molecule has 1 aliphatic rings. The highest BCUT2D eigenvalue weighted by atomic mass is 32.2. The Balaban J connectivity index is 2.37. The van der Waals surface area contributed by atoms with Gasteiger partial charge in [0.15, 0.2) is 5.12 Å². The number of aromatic hydroxyl groups is 1. The summed E-state index contributed by atoms with van der Waals surface area (Å²) in [7, 11) is -0.581. The number of nitrogen functional groups attached to an aromatic ring is 1. The average Bonchev–Trinajstić information content (AvgIpc) is 2.66. The van der Waals surface area contributed by atoms with Gasteiger partial charge >= 0.3 is 7.12 Å². The predicted molar refractivity (Wildman–Crippen MR) is 99.7 cm³/mol. The zero-order chi connectivity index (χ0) is 18.1. The molecular weight excluding hydrogens is 325 g/mol. The van der Waals surface area contributed by atoms with Gasteiger partial charge in [-0.2, -0.15) is 0 Å². The fraction of sp³-hybridized carbons (Fsp3) is 0.471. The highest BCUT2D eigenvalue weighted by molar-refractivity contribution is 8.13. The molecule has 0 aromatic heterocycles. The zero-order valence-corrected chi connectivity index (χ0v) is 15.6. The number of benzene rings is 1. The summed E-state index contributed by atoms with van der Waals surface area (Å²) in [6.07, 6.45) is 1.78. The van der Waals surface area contributed by atoms with Gasteiger partial charge in [0, 0.05) is 23.9 Å². The highest BCUT2D eigenvalue weighted by Gasteiger charge is 2.52. The molecule has 0 amide bonds. The monoisotopic (exact) mass is 349 g/mol. The van der Waals surface area contributed by atoms with E-state index in [1.54, 1.807) is 24.3 Å². The largest absolute Gasteiger partial charge is 0.507 e. The topological polar surface area (TPSA) is 81.8 Å². The zero-order valence-electron chi connectivity index (χ0n) is 14.8. The van der Waals surface area contributed by atoms with Crippen LogP contribution in [0.4, 0.5) is 5.69 Å². The molecule has 24 heavy (non-hydrogen) atoms. The molecule has 5 nitrogen and oxygen atoms in total. The van der Waals surface area contributed by atoms with Crippen LogP contribution in [0.25, 0.3) is 6.08 Å². The molecule has 3 N–H and O–H groups in total. The van der Waals surface area contributed by atoms with Crippen LogP contribution in [-0.2, 0) is 14.1 Å². The van der Waals surface area contributed by atoms with E-state index in [4.69, 9.17) is 15.0 Å². The lowest BCUT2D eigenvalue weighted by Gasteiger charge is -2.32. The van der Waals surface area contributed by atoms with E-state index in [0.717, 1.165) is 5.47 Å². The van der Waals surface area contributed by atoms with Gasteiger partial charge in [0.25, 0.3) is 0 Å². The molecular formula is C17H24BNO4S. The number of hydrogen-bond acceptors (Lipinski definition) is 6. The van der Waals surface area contributed by atoms with E-state index in [1.165, 1.54) is 18.7 Å². The third kappa shape index (κ3) is 4.15. The molecule has 0 bridgehead atoms. The number of carbonyl (C=O) groups is 1. The maximum atomic E-state index is 11.4. The molecule has 0 unspecified atom stereocenters. The van der Waals surface area contributed by atoms with Gasteiger partial charge in [-0.1, -0.05) is 17.8 Å². The number of nitrogens with two attached hydrogens (primary N) is 1. The molecule has 2 rings (SSSR count). The number of hydrogen-bond donors (Lipinski definition) is 2. The summed E-state index contributed by atoms with van der Waals surface area (Å²) >= 11 is 1.18. The number of rotatable bonds is 4. The Morgan fingerprint density at radius 1 is 1.29 bits per heavy atom. The van der Waals surface area contributed by atoms with Gasteiger partial charge in [0.05, 0.1) is 11.2 Å². The van der Waals surface area contributed by atoms with Crippen molar-refractivity contribution in [2.24, 2.45) is 0 Å². The normalized spacial score (nSPS) is 19.5. The van der Waals surface area contributed by atoms with Crippen LogP contribution in [0.2, 0.25) is 0 Å². The second-order valence-electron chi connectivity index (χ2n) is 6.91. The molecule has 1 fully saturated rings. The number of thioether (sulfide) groups is 1. The first-order valence-corrected chi connectivity index (χ1v) is 8.78. The van der Waals surface area contributed by atoms with E-state index >= 15 is 0 Å². The number of phenolic OH excluding ortho intramolecular Hbond substituents is 1. The minimum atomic E-state index is -0.581. The lowest BCUT2D eigenvalue weighted by Crippen LogP contribution is -2.41. The summed E-state index contributed by atoms with van der Waals surface area (Å²) in [6, 6.07) is 4.85. The molecule has 1 saturated heterocycles. The Labute approximate surface area is 147 Å². The molecule has 0 saturated carbocycles. The van der Waals surface area contributed by atoms with Gasteiger partial charge < -0.3 is 20.1 Å². The van der Waals surface area contributed by atoms with Crippen LogP contribution in [0.15, 0.2) is 23.7 Å². The summed E-state index contributed by atoms with van der Waals surface area (Å²) in [5.74, 6) is 0.534. The highest BCUT2D eigenvalue weighted by Crippen LogP contribution is 2.39. The van der Waals surface area contributed by atoms with Crippen LogP contribution in [0, 0.1) is 0 Å². The second-order valence-corrected chi connectivity index (χ2v) is 8.06. The van der Waals surface area contributed by atoms with Gasteiger partial charge in [0.2, 0.25) is 0 Å². The van der Waals surface area contributed by atoms with Gasteiger partial charge in [0.1, 0.15) is 5.75 Å². The van der Waals surface area contributed by atoms with Crippen LogP contribution < -0.4 is 5.73 Å². The minimum absolute atomic E-state index is 0.00853. The van der Waals surface area contributed by atoms with E-state index in [-0.39, 0.29) is 10.9 Å². The third-order valence-electron chi connectivity index (χ3n) is 4.39. The van der Waals surface area contributed by atoms with Crippen LogP contribution in [0.1, 0.15) is 40.2 Å². The van der Waals surface area contributed by atoms with Crippen molar-refractivity contribution >= 4 is 35.8 Å². The Bertz CT molecular complexity index is 657. The third-order valence-corrected chi connectivity index (χ3v) is 5.27. The van der Waals surface area contributed by atoms with Gasteiger partial charge in [-0.05, 0) is 51.4 Å². The summed E-state index contributed by atoms with van der Waals surface area (Å²) in [5.41, 5.74) is 6.74. The predicted octanol–water partition coefficient (Wildman–Crippen LogP) is 3.27. The second kappa shape index (κ2) is 6.82. The van der Waals surface area contributed by atoms with E-state index < -0.39 is 18.3 Å². The van der Waals surface area contributed by atoms with Crippen molar-refractivity contribution in [3.8, 4) is 5.75 Å². The van der Waals surface area contributed by atoms with Crippen molar-refractivity contribution in [1.29, 1.82) is 0 Å². The number of carbonyl (C=O) groups excluding carboxylic acids is 1. The maximum absolute atomic E-state index is 11.4. The van der Waals surface area contributed by atoms with Crippen molar-refractivity contribution < 1.29 is 19.2 Å². The molecule has 0 atom stereocenters. The standard InChI is InChI=1S/C17H24BNO4S/c1-11(20)24-10-13(8-12-9-14(19)6-7-15(12)21)18-22-16(2,3)17(4,5)23-18/h6-9,21H,10,19H2,1-5H3. The molecule has 7 heteroatoms. The van der Waals surface area contributed by atoms with Crippen molar-refractivity contribution in [2.75, 3.05) is 11.5 Å². The fourth-order valence-corrected chi connectivity index (χ4v) is 2.83. The Morgan fingerprint density at radius 2 is 1.88 bits per heavy atom. The van der Waals surface area contributed by atoms with Crippen LogP contribution >= 0.6 is 11.8 Å². The van der Waals surface area contributed by atoms with Crippen LogP contribution in [0.3, 0.4) is 0 Å². The first-order chi connectivity index (χ1) is 11.0. The smallest absolute Gasteiger partial charge is 0.491 e. The van der Waals surface area contributed by atoms with E-state index in [9.17, 15) is 9.90 Å².